The van der Waals surface area contributed by atoms with Crippen LogP contribution in [0.4, 0.5) is 4.39 Å². The van der Waals surface area contributed by atoms with E-state index < -0.39 is 5.41 Å². The molecule has 0 bridgehead atoms. The molecule has 1 aliphatic carbocycles. The van der Waals surface area contributed by atoms with Gasteiger partial charge in [-0.2, -0.15) is 11.8 Å². The zero-order valence-corrected chi connectivity index (χ0v) is 12.5. The minimum Gasteiger partial charge on any atom is -0.395 e. The van der Waals surface area contributed by atoms with Crippen molar-refractivity contribution in [1.82, 2.24) is 5.32 Å². The number of carbonyl (C=O) groups excluding carboxylic acids is 1. The highest BCUT2D eigenvalue weighted by atomic mass is 32.2. The average molecular weight is 297 g/mol. The molecule has 2 N–H and O–H groups in total. The molecular formula is C15H20FNO2S. The lowest BCUT2D eigenvalue weighted by Crippen LogP contribution is -2.45. The molecule has 1 aromatic rings. The molecular weight excluding hydrogens is 277 g/mol. The van der Waals surface area contributed by atoms with Gasteiger partial charge in [0.25, 0.3) is 0 Å². The lowest BCUT2D eigenvalue weighted by atomic mass is 9.94. The molecule has 2 unspecified atom stereocenters. The van der Waals surface area contributed by atoms with Gasteiger partial charge in [0, 0.05) is 11.3 Å². The Balaban J connectivity index is 2.07. The van der Waals surface area contributed by atoms with E-state index in [1.54, 1.807) is 12.1 Å². The van der Waals surface area contributed by atoms with E-state index in [0.29, 0.717) is 0 Å². The van der Waals surface area contributed by atoms with E-state index in [4.69, 9.17) is 0 Å². The molecule has 1 aliphatic rings. The summed E-state index contributed by atoms with van der Waals surface area (Å²) in [6.07, 6.45) is 3.50. The van der Waals surface area contributed by atoms with Crippen molar-refractivity contribution < 1.29 is 14.3 Å². The highest BCUT2D eigenvalue weighted by molar-refractivity contribution is 7.99. The first-order chi connectivity index (χ1) is 9.53. The first-order valence-electron chi connectivity index (χ1n) is 6.74. The van der Waals surface area contributed by atoms with E-state index in [9.17, 15) is 14.3 Å². The predicted molar refractivity (Wildman–Crippen MR) is 79.3 cm³/mol. The molecule has 0 saturated heterocycles. The van der Waals surface area contributed by atoms with Gasteiger partial charge in [-0.25, -0.2) is 4.39 Å². The highest BCUT2D eigenvalue weighted by Crippen LogP contribution is 2.48. The summed E-state index contributed by atoms with van der Waals surface area (Å²) in [5.41, 5.74) is 0.369. The Hall–Kier alpha value is -1.07. The zero-order valence-electron chi connectivity index (χ0n) is 11.7. The topological polar surface area (TPSA) is 49.3 Å². The fourth-order valence-corrected chi connectivity index (χ4v) is 3.04. The third-order valence-electron chi connectivity index (χ3n) is 3.98. The molecule has 20 heavy (non-hydrogen) atoms. The minimum absolute atomic E-state index is 0.0111. The van der Waals surface area contributed by atoms with Crippen molar-refractivity contribution in [3.8, 4) is 0 Å². The molecule has 0 aromatic heterocycles. The standard InChI is InChI=1S/C15H20FNO2S/c1-10(13(9-18)20-2)17-14(19)15(7-8-15)11-3-5-12(16)6-4-11/h3-6,10,13,18H,7-9H2,1-2H3,(H,17,19). The van der Waals surface area contributed by atoms with E-state index in [2.05, 4.69) is 5.32 Å². The summed E-state index contributed by atoms with van der Waals surface area (Å²) < 4.78 is 13.0. The average Bonchev–Trinajstić information content (AvgIpc) is 3.22. The molecule has 0 aliphatic heterocycles. The normalized spacial score (nSPS) is 19.2. The number of thioether (sulfide) groups is 1. The number of carbonyl (C=O) groups is 1. The number of benzene rings is 1. The summed E-state index contributed by atoms with van der Waals surface area (Å²) in [6.45, 7) is 1.93. The van der Waals surface area contributed by atoms with Gasteiger partial charge in [-0.05, 0) is 43.7 Å². The molecule has 2 rings (SSSR count). The van der Waals surface area contributed by atoms with Crippen LogP contribution >= 0.6 is 11.8 Å². The Labute approximate surface area is 123 Å². The van der Waals surface area contributed by atoms with Gasteiger partial charge in [-0.1, -0.05) is 12.1 Å². The number of aliphatic hydroxyl groups excluding tert-OH is 1. The maximum Gasteiger partial charge on any atom is 0.230 e. The molecule has 0 radical (unpaired) electrons. The maximum absolute atomic E-state index is 13.0. The molecule has 2 atom stereocenters. The lowest BCUT2D eigenvalue weighted by Gasteiger charge is -2.24. The van der Waals surface area contributed by atoms with Crippen LogP contribution < -0.4 is 5.32 Å². The number of rotatable bonds is 6. The van der Waals surface area contributed by atoms with Gasteiger partial charge in [-0.3, -0.25) is 4.79 Å². The summed E-state index contributed by atoms with van der Waals surface area (Å²) in [5, 5.41) is 12.2. The summed E-state index contributed by atoms with van der Waals surface area (Å²) in [4.78, 5) is 12.5. The number of hydrogen-bond acceptors (Lipinski definition) is 3. The Kier molecular flexibility index (Phi) is 4.70. The predicted octanol–water partition coefficient (Wildman–Crippen LogP) is 2.09. The Morgan fingerprint density at radius 2 is 2.05 bits per heavy atom. The second-order valence-electron chi connectivity index (χ2n) is 5.31. The van der Waals surface area contributed by atoms with Crippen molar-refractivity contribution in [1.29, 1.82) is 0 Å². The van der Waals surface area contributed by atoms with Crippen LogP contribution in [0.1, 0.15) is 25.3 Å². The third-order valence-corrected chi connectivity index (χ3v) is 5.14. The van der Waals surface area contributed by atoms with E-state index in [-0.39, 0.29) is 29.6 Å². The van der Waals surface area contributed by atoms with Crippen LogP contribution in [0.3, 0.4) is 0 Å². The zero-order chi connectivity index (χ0) is 14.8. The Morgan fingerprint density at radius 3 is 2.50 bits per heavy atom. The molecule has 3 nitrogen and oxygen atoms in total. The lowest BCUT2D eigenvalue weighted by molar-refractivity contribution is -0.124. The van der Waals surface area contributed by atoms with E-state index in [1.165, 1.54) is 23.9 Å². The number of halogens is 1. The van der Waals surface area contributed by atoms with E-state index in [1.807, 2.05) is 13.2 Å². The smallest absolute Gasteiger partial charge is 0.230 e. The summed E-state index contributed by atoms with van der Waals surface area (Å²) in [5.74, 6) is -0.315. The van der Waals surface area contributed by atoms with Gasteiger partial charge < -0.3 is 10.4 Å². The second-order valence-corrected chi connectivity index (χ2v) is 6.38. The quantitative estimate of drug-likeness (QED) is 0.845. The largest absolute Gasteiger partial charge is 0.395 e. The number of hydrogen-bond donors (Lipinski definition) is 2. The van der Waals surface area contributed by atoms with Crippen LogP contribution in [0.2, 0.25) is 0 Å². The number of nitrogens with one attached hydrogen (secondary N) is 1. The van der Waals surface area contributed by atoms with Gasteiger partial charge >= 0.3 is 0 Å². The SMILES string of the molecule is CSC(CO)C(C)NC(=O)C1(c2ccc(F)cc2)CC1. The highest BCUT2D eigenvalue weighted by Gasteiger charge is 2.51. The number of amides is 1. The van der Waals surface area contributed by atoms with Crippen LogP contribution in [-0.2, 0) is 10.2 Å². The third kappa shape index (κ3) is 2.99. The van der Waals surface area contributed by atoms with Crippen molar-refractivity contribution >= 4 is 17.7 Å². The van der Waals surface area contributed by atoms with Gasteiger partial charge in [0.2, 0.25) is 5.91 Å². The molecule has 0 spiro atoms. The van der Waals surface area contributed by atoms with Crippen molar-refractivity contribution in [2.45, 2.75) is 36.5 Å². The molecule has 1 aromatic carbocycles. The van der Waals surface area contributed by atoms with Crippen molar-refractivity contribution in [2.24, 2.45) is 0 Å². The van der Waals surface area contributed by atoms with Gasteiger partial charge in [0.15, 0.2) is 0 Å². The second kappa shape index (κ2) is 6.14. The molecule has 0 heterocycles. The minimum atomic E-state index is -0.500. The maximum atomic E-state index is 13.0. The van der Waals surface area contributed by atoms with Gasteiger partial charge in [0.05, 0.1) is 12.0 Å². The van der Waals surface area contributed by atoms with Crippen LogP contribution in [0.25, 0.3) is 0 Å². The molecule has 1 amide bonds. The molecule has 5 heteroatoms. The van der Waals surface area contributed by atoms with Crippen LogP contribution in [0, 0.1) is 5.82 Å². The van der Waals surface area contributed by atoms with E-state index in [0.717, 1.165) is 18.4 Å². The Bertz CT molecular complexity index is 469. The van der Waals surface area contributed by atoms with Crippen LogP contribution in [0.5, 0.6) is 0 Å². The van der Waals surface area contributed by atoms with Crippen LogP contribution in [0.15, 0.2) is 24.3 Å². The Morgan fingerprint density at radius 1 is 1.45 bits per heavy atom. The fraction of sp³-hybridized carbons (Fsp3) is 0.533. The van der Waals surface area contributed by atoms with Crippen molar-refractivity contribution in [2.75, 3.05) is 12.9 Å². The van der Waals surface area contributed by atoms with Gasteiger partial charge in [0.1, 0.15) is 5.82 Å². The number of aliphatic hydroxyl groups is 1. The molecule has 1 fully saturated rings. The van der Waals surface area contributed by atoms with E-state index >= 15 is 0 Å². The first-order valence-corrected chi connectivity index (χ1v) is 8.03. The summed E-state index contributed by atoms with van der Waals surface area (Å²) in [7, 11) is 0. The monoisotopic (exact) mass is 297 g/mol. The summed E-state index contributed by atoms with van der Waals surface area (Å²) >= 11 is 1.53. The summed E-state index contributed by atoms with van der Waals surface area (Å²) in [6, 6.07) is 6.06. The molecule has 110 valence electrons. The van der Waals surface area contributed by atoms with Crippen molar-refractivity contribution in [3.63, 3.8) is 0 Å². The fourth-order valence-electron chi connectivity index (χ4n) is 2.42. The first kappa shape index (κ1) is 15.3. The van der Waals surface area contributed by atoms with Crippen LogP contribution in [-0.4, -0.2) is 35.2 Å². The molecule has 1 saturated carbocycles. The van der Waals surface area contributed by atoms with Gasteiger partial charge in [-0.15, -0.1) is 0 Å². The van der Waals surface area contributed by atoms with Crippen molar-refractivity contribution in [3.05, 3.63) is 35.6 Å².